The molecule has 3 aliphatic heterocycles. The van der Waals surface area contributed by atoms with Gasteiger partial charge in [0.1, 0.15) is 17.8 Å². The summed E-state index contributed by atoms with van der Waals surface area (Å²) < 4.78 is 11.8. The van der Waals surface area contributed by atoms with Crippen molar-refractivity contribution in [1.82, 2.24) is 4.90 Å². The molecule has 6 saturated carbocycles. The number of rotatable bonds is 2. The summed E-state index contributed by atoms with van der Waals surface area (Å²) in [6.45, 7) is 10.3. The summed E-state index contributed by atoms with van der Waals surface area (Å²) in [5, 5.41) is 24.0. The van der Waals surface area contributed by atoms with E-state index in [0.717, 1.165) is 25.0 Å². The molecule has 9 fully saturated rings. The molecule has 9 bridgehead atoms. The van der Waals surface area contributed by atoms with Gasteiger partial charge in [-0.15, -0.1) is 0 Å². The molecule has 0 amide bonds. The van der Waals surface area contributed by atoms with Crippen LogP contribution >= 0.6 is 0 Å². The average Bonchev–Trinajstić information content (AvgIpc) is 3.04. The van der Waals surface area contributed by atoms with E-state index >= 15 is 0 Å². The fourth-order valence-electron chi connectivity index (χ4n) is 11.3. The van der Waals surface area contributed by atoms with E-state index in [9.17, 15) is 19.8 Å². The van der Waals surface area contributed by atoms with Crippen molar-refractivity contribution < 1.29 is 29.3 Å². The van der Waals surface area contributed by atoms with Crippen molar-refractivity contribution in [2.75, 3.05) is 6.54 Å². The van der Waals surface area contributed by atoms with Crippen molar-refractivity contribution in [2.24, 2.45) is 34.0 Å². The minimum absolute atomic E-state index is 0.0169. The van der Waals surface area contributed by atoms with Gasteiger partial charge in [-0.25, -0.2) is 0 Å². The Kier molecular flexibility index (Phi) is 3.10. The number of piperidine rings is 2. The van der Waals surface area contributed by atoms with Crippen molar-refractivity contribution in [2.45, 2.75) is 82.5 Å². The van der Waals surface area contributed by atoms with Gasteiger partial charge in [0, 0.05) is 55.1 Å². The summed E-state index contributed by atoms with van der Waals surface area (Å²) in [6, 6.07) is 0.170. The van der Waals surface area contributed by atoms with Crippen LogP contribution in [-0.2, 0) is 19.1 Å². The molecule has 0 aromatic rings. The predicted octanol–water partition coefficient (Wildman–Crippen LogP) is 1.02. The van der Waals surface area contributed by atoms with Gasteiger partial charge in [0.25, 0.3) is 0 Å². The smallest absolute Gasteiger partial charge is 0.302 e. The highest BCUT2D eigenvalue weighted by molar-refractivity contribution is 5.67. The molecule has 0 radical (unpaired) electrons. The van der Waals surface area contributed by atoms with Gasteiger partial charge in [0.05, 0.1) is 6.10 Å². The maximum Gasteiger partial charge on any atom is 0.302 e. The molecule has 7 nitrogen and oxygen atoms in total. The van der Waals surface area contributed by atoms with Crippen LogP contribution in [-0.4, -0.2) is 69.6 Å². The Morgan fingerprint density at radius 2 is 1.84 bits per heavy atom. The molecule has 168 valence electrons. The van der Waals surface area contributed by atoms with Crippen LogP contribution in [0.3, 0.4) is 0 Å². The van der Waals surface area contributed by atoms with Gasteiger partial charge in [0.15, 0.2) is 0 Å². The molecule has 0 aromatic heterocycles. The molecule has 13 atom stereocenters. The Morgan fingerprint density at radius 3 is 2.52 bits per heavy atom. The number of aliphatic hydroxyl groups is 2. The van der Waals surface area contributed by atoms with Crippen LogP contribution in [0.2, 0.25) is 0 Å². The standard InChI is InChI=1S/C24H31NO6/c1-10-5-22-8-14-17-21(4)6-13(30-11(2)26)7-23(17)18(22)16(31-12(3)27)15(10)19(28)24(22,29)20(23)25(14)9-21/h13-20,28-29H,1,5-9H2,2-4H3/t13-,14-,15+,16+,17+,18+,19-,20-,21-,22+,23-,24-/m0/s1. The lowest BCUT2D eigenvalue weighted by Gasteiger charge is -2.68. The summed E-state index contributed by atoms with van der Waals surface area (Å²) in [5.74, 6) is -0.782. The molecule has 0 aromatic carbocycles. The number of carbonyl (C=O) groups excluding carboxylic acids is 2. The van der Waals surface area contributed by atoms with E-state index in [1.807, 2.05) is 0 Å². The largest absolute Gasteiger partial charge is 0.463 e. The Balaban J connectivity index is 1.48. The van der Waals surface area contributed by atoms with Gasteiger partial charge in [-0.1, -0.05) is 19.1 Å². The topological polar surface area (TPSA) is 96.3 Å². The second kappa shape index (κ2) is 5.05. The molecule has 9 aliphatic rings. The molecule has 2 N–H and O–H groups in total. The zero-order valence-corrected chi connectivity index (χ0v) is 18.3. The monoisotopic (exact) mass is 429 g/mol. The van der Waals surface area contributed by atoms with Crippen LogP contribution in [0.4, 0.5) is 0 Å². The van der Waals surface area contributed by atoms with Gasteiger partial charge in [-0.05, 0) is 37.0 Å². The molecule has 1 unspecified atom stereocenters. The molecule has 3 saturated heterocycles. The highest BCUT2D eigenvalue weighted by Gasteiger charge is 2.95. The number of fused-ring (bicyclic) bond motifs is 1. The Hall–Kier alpha value is -1.44. The van der Waals surface area contributed by atoms with Crippen molar-refractivity contribution in [3.05, 3.63) is 12.2 Å². The summed E-state index contributed by atoms with van der Waals surface area (Å²) in [4.78, 5) is 26.6. The SMILES string of the molecule is C=C1C[C@@]23C[C@H]4[C@@H]5[C@@]6(C)C[C@H](OC(C)=O)C[C@@]57[C@@H]2[C@H](OC(C)=O)[C@@H]1[C@H](O)[C@]3(O)[C@H]7N4C6. The zero-order chi connectivity index (χ0) is 21.9. The minimum Gasteiger partial charge on any atom is -0.463 e. The van der Waals surface area contributed by atoms with Crippen molar-refractivity contribution in [3.8, 4) is 0 Å². The number of carbonyl (C=O) groups is 2. The summed E-state index contributed by atoms with van der Waals surface area (Å²) >= 11 is 0. The summed E-state index contributed by atoms with van der Waals surface area (Å²) in [6.07, 6.45) is 1.29. The van der Waals surface area contributed by atoms with Crippen LogP contribution in [0.5, 0.6) is 0 Å². The molecular formula is C24H31NO6. The van der Waals surface area contributed by atoms with Gasteiger partial charge < -0.3 is 19.7 Å². The van der Waals surface area contributed by atoms with Crippen LogP contribution in [0.1, 0.15) is 46.5 Å². The molecule has 2 spiro atoms. The highest BCUT2D eigenvalue weighted by atomic mass is 16.5. The minimum atomic E-state index is -1.25. The van der Waals surface area contributed by atoms with Gasteiger partial charge in [0.2, 0.25) is 0 Å². The molecule has 3 heterocycles. The third-order valence-corrected chi connectivity index (χ3v) is 10.9. The number of hydrogen-bond donors (Lipinski definition) is 2. The maximum atomic E-state index is 12.4. The van der Waals surface area contributed by atoms with Crippen LogP contribution in [0, 0.1) is 34.0 Å². The molecule has 31 heavy (non-hydrogen) atoms. The first-order valence-corrected chi connectivity index (χ1v) is 11.7. The van der Waals surface area contributed by atoms with E-state index < -0.39 is 29.1 Å². The highest BCUT2D eigenvalue weighted by Crippen LogP contribution is 2.88. The fraction of sp³-hybridized carbons (Fsp3) is 0.833. The number of aliphatic hydroxyl groups excluding tert-OH is 1. The Bertz CT molecular complexity index is 966. The lowest BCUT2D eigenvalue weighted by molar-refractivity contribution is -0.283. The Morgan fingerprint density at radius 1 is 1.13 bits per heavy atom. The average molecular weight is 430 g/mol. The van der Waals surface area contributed by atoms with E-state index in [2.05, 4.69) is 18.4 Å². The second-order valence-electron chi connectivity index (χ2n) is 12.1. The number of ether oxygens (including phenoxy) is 2. The number of hydrogen-bond acceptors (Lipinski definition) is 7. The maximum absolute atomic E-state index is 12.4. The first kappa shape index (κ1) is 19.1. The van der Waals surface area contributed by atoms with Crippen molar-refractivity contribution >= 4 is 11.9 Å². The van der Waals surface area contributed by atoms with Crippen LogP contribution < -0.4 is 0 Å². The third-order valence-electron chi connectivity index (χ3n) is 10.9. The van der Waals surface area contributed by atoms with E-state index in [-0.39, 0.29) is 40.8 Å². The van der Waals surface area contributed by atoms with Gasteiger partial charge in [-0.2, -0.15) is 0 Å². The first-order valence-electron chi connectivity index (χ1n) is 11.7. The molecule has 9 rings (SSSR count). The predicted molar refractivity (Wildman–Crippen MR) is 107 cm³/mol. The molecular weight excluding hydrogens is 398 g/mol. The quantitative estimate of drug-likeness (QED) is 0.500. The second-order valence-corrected chi connectivity index (χ2v) is 12.1. The number of esters is 2. The van der Waals surface area contributed by atoms with Gasteiger partial charge >= 0.3 is 11.9 Å². The third kappa shape index (κ3) is 1.65. The Labute approximate surface area is 181 Å². The van der Waals surface area contributed by atoms with E-state index in [0.29, 0.717) is 24.8 Å². The molecule has 6 aliphatic carbocycles. The lowest BCUT2D eigenvalue weighted by atomic mass is 9.39. The first-order chi connectivity index (χ1) is 14.5. The molecule has 7 heteroatoms. The number of nitrogens with zero attached hydrogens (tertiary/aromatic N) is 1. The van der Waals surface area contributed by atoms with Crippen LogP contribution in [0.25, 0.3) is 0 Å². The van der Waals surface area contributed by atoms with Crippen molar-refractivity contribution in [1.29, 1.82) is 0 Å². The van der Waals surface area contributed by atoms with E-state index in [1.54, 1.807) is 0 Å². The zero-order valence-electron chi connectivity index (χ0n) is 18.3. The fourth-order valence-corrected chi connectivity index (χ4v) is 11.3. The van der Waals surface area contributed by atoms with Gasteiger partial charge in [-0.3, -0.25) is 14.5 Å². The lowest BCUT2D eigenvalue weighted by Crippen LogP contribution is -2.77. The van der Waals surface area contributed by atoms with Crippen molar-refractivity contribution in [3.63, 3.8) is 0 Å². The van der Waals surface area contributed by atoms with E-state index in [1.165, 1.54) is 13.8 Å². The summed E-state index contributed by atoms with van der Waals surface area (Å²) in [7, 11) is 0. The van der Waals surface area contributed by atoms with E-state index in [4.69, 9.17) is 9.47 Å². The van der Waals surface area contributed by atoms with Crippen LogP contribution in [0.15, 0.2) is 12.2 Å². The summed E-state index contributed by atoms with van der Waals surface area (Å²) in [5.41, 5.74) is -1.23. The normalized spacial score (nSPS) is 63.5.